The molecule has 16 nitrogen and oxygen atoms in total. The van der Waals surface area contributed by atoms with Gasteiger partial charge in [0, 0.05) is 31.9 Å². The minimum absolute atomic E-state index is 0.179. The summed E-state index contributed by atoms with van der Waals surface area (Å²) in [6.07, 6.45) is 0.904. The summed E-state index contributed by atoms with van der Waals surface area (Å²) in [5, 5.41) is 7.85. The van der Waals surface area contributed by atoms with Crippen LogP contribution in [0.15, 0.2) is 104 Å². The van der Waals surface area contributed by atoms with Crippen LogP contribution in [0, 0.1) is 0 Å². The maximum atomic E-state index is 14.2. The second-order valence-electron chi connectivity index (χ2n) is 16.4. The standard InChI is InChI=1S/C45H49Cl3N6O10/c1-42(2,3)63-37(57)24-21-33(39(59)64-54-35(55)22-23-36(54)56)50-40(60)43(4,5)52-38(58)34(51-41(61)62-27-44(46,47)48)25-32-26-53(28-49-32)45(29-15-9-6-10-16-29,30-17-11-7-12-18-30)31-19-13-8-14-20-31/h6-20,26,28,33-34H,21-25,27H2,1-5H3,(H,50,60)(H,51,61)(H,52,58)/t33-,34-/m0/s1. The number of rotatable bonds is 17. The number of alkyl carbamates (subject to hydrolysis) is 1. The van der Waals surface area contributed by atoms with E-state index >= 15 is 0 Å². The average Bonchev–Trinajstić information content (AvgIpc) is 3.83. The molecule has 64 heavy (non-hydrogen) atoms. The Balaban J connectivity index is 1.44. The van der Waals surface area contributed by atoms with E-state index in [1.807, 2.05) is 95.6 Å². The summed E-state index contributed by atoms with van der Waals surface area (Å²) in [7, 11) is 0. The van der Waals surface area contributed by atoms with Crippen molar-refractivity contribution in [3.8, 4) is 0 Å². The highest BCUT2D eigenvalue weighted by molar-refractivity contribution is 6.67. The second-order valence-corrected chi connectivity index (χ2v) is 18.9. The zero-order valence-electron chi connectivity index (χ0n) is 35.8. The van der Waals surface area contributed by atoms with Gasteiger partial charge in [-0.2, -0.15) is 0 Å². The van der Waals surface area contributed by atoms with E-state index in [1.54, 1.807) is 33.3 Å². The summed E-state index contributed by atoms with van der Waals surface area (Å²) in [5.41, 5.74) is -0.601. The number of hydrogen-bond acceptors (Lipinski definition) is 11. The number of aromatic nitrogens is 2. The molecule has 2 atom stereocenters. The third-order valence-corrected chi connectivity index (χ3v) is 10.2. The summed E-state index contributed by atoms with van der Waals surface area (Å²) < 4.78 is 10.4. The summed E-state index contributed by atoms with van der Waals surface area (Å²) >= 11 is 17.4. The Morgan fingerprint density at radius 3 is 1.75 bits per heavy atom. The van der Waals surface area contributed by atoms with Crippen molar-refractivity contribution in [1.29, 1.82) is 0 Å². The molecule has 0 radical (unpaired) electrons. The number of halogens is 3. The first-order chi connectivity index (χ1) is 30.1. The van der Waals surface area contributed by atoms with Crippen molar-refractivity contribution < 1.29 is 47.9 Å². The fraction of sp³-hybridized carbons (Fsp3) is 0.378. The lowest BCUT2D eigenvalue weighted by Gasteiger charge is -2.37. The number of carbonyl (C=O) groups is 7. The second kappa shape index (κ2) is 20.7. The van der Waals surface area contributed by atoms with Gasteiger partial charge >= 0.3 is 18.0 Å². The predicted molar refractivity (Wildman–Crippen MR) is 236 cm³/mol. The molecule has 3 N–H and O–H groups in total. The number of amides is 5. The first kappa shape index (κ1) is 49.1. The Morgan fingerprint density at radius 1 is 0.750 bits per heavy atom. The maximum absolute atomic E-state index is 14.2. The topological polar surface area (TPSA) is 204 Å². The Kier molecular flexibility index (Phi) is 15.9. The Hall–Kier alpha value is -5.97. The fourth-order valence-electron chi connectivity index (χ4n) is 6.89. The van der Waals surface area contributed by atoms with Crippen molar-refractivity contribution in [3.05, 3.63) is 126 Å². The Labute approximate surface area is 385 Å². The monoisotopic (exact) mass is 938 g/mol. The predicted octanol–water partition coefficient (Wildman–Crippen LogP) is 5.84. The van der Waals surface area contributed by atoms with Gasteiger partial charge in [0.1, 0.15) is 35.4 Å². The van der Waals surface area contributed by atoms with Crippen molar-refractivity contribution in [1.82, 2.24) is 30.6 Å². The van der Waals surface area contributed by atoms with Crippen molar-refractivity contribution in [3.63, 3.8) is 0 Å². The van der Waals surface area contributed by atoms with Crippen molar-refractivity contribution >= 4 is 76.5 Å². The minimum Gasteiger partial charge on any atom is -0.460 e. The highest BCUT2D eigenvalue weighted by Gasteiger charge is 2.41. The molecular formula is C45H49Cl3N6O10. The molecule has 19 heteroatoms. The largest absolute Gasteiger partial charge is 0.460 e. The van der Waals surface area contributed by atoms with Crippen molar-refractivity contribution in [2.75, 3.05) is 6.61 Å². The maximum Gasteiger partial charge on any atom is 0.407 e. The molecule has 2 heterocycles. The van der Waals surface area contributed by atoms with E-state index in [2.05, 4.69) is 20.9 Å². The van der Waals surface area contributed by atoms with Gasteiger partial charge in [0.15, 0.2) is 0 Å². The van der Waals surface area contributed by atoms with E-state index in [4.69, 9.17) is 49.1 Å². The number of ether oxygens (including phenoxy) is 2. The first-order valence-electron chi connectivity index (χ1n) is 20.2. The molecule has 0 bridgehead atoms. The molecule has 0 unspecified atom stereocenters. The number of nitrogens with one attached hydrogen (secondary N) is 3. The van der Waals surface area contributed by atoms with Gasteiger partial charge in [0.05, 0.1) is 12.0 Å². The van der Waals surface area contributed by atoms with Gasteiger partial charge < -0.3 is 34.8 Å². The van der Waals surface area contributed by atoms with E-state index in [1.165, 1.54) is 13.8 Å². The van der Waals surface area contributed by atoms with Crippen LogP contribution in [-0.4, -0.2) is 89.9 Å². The number of benzene rings is 3. The quantitative estimate of drug-likeness (QED) is 0.0497. The SMILES string of the molecule is CC(C)(C)OC(=O)CC[C@H](NC(=O)C(C)(C)NC(=O)[C@H](Cc1cn(C(c2ccccc2)(c2ccccc2)c2ccccc2)cn1)NC(=O)OCC(Cl)(Cl)Cl)C(=O)ON1C(=O)CCC1=O. The van der Waals surface area contributed by atoms with Gasteiger partial charge in [-0.1, -0.05) is 126 Å². The molecule has 0 aliphatic carbocycles. The molecule has 1 aliphatic heterocycles. The Bertz CT molecular complexity index is 2200. The molecule has 1 saturated heterocycles. The van der Waals surface area contributed by atoms with Crippen LogP contribution in [0.25, 0.3) is 0 Å². The number of hydrogen-bond donors (Lipinski definition) is 3. The van der Waals surface area contributed by atoms with Crippen LogP contribution >= 0.6 is 34.8 Å². The average molecular weight is 940 g/mol. The minimum atomic E-state index is -1.97. The molecular weight excluding hydrogens is 891 g/mol. The third kappa shape index (κ3) is 12.8. The summed E-state index contributed by atoms with van der Waals surface area (Å²) in [6.45, 7) is 6.93. The van der Waals surface area contributed by atoms with Crippen LogP contribution in [0.3, 0.4) is 0 Å². The molecule has 5 amide bonds. The molecule has 5 rings (SSSR count). The lowest BCUT2D eigenvalue weighted by molar-refractivity contribution is -0.199. The molecule has 340 valence electrons. The van der Waals surface area contributed by atoms with Crippen LogP contribution < -0.4 is 16.0 Å². The number of carbonyl (C=O) groups excluding carboxylic acids is 7. The van der Waals surface area contributed by atoms with E-state index in [9.17, 15) is 33.6 Å². The van der Waals surface area contributed by atoms with Crippen LogP contribution in [0.1, 0.15) is 82.7 Å². The van der Waals surface area contributed by atoms with E-state index in [-0.39, 0.29) is 32.1 Å². The molecule has 0 spiro atoms. The normalized spacial score (nSPS) is 14.3. The van der Waals surface area contributed by atoms with Crippen LogP contribution in [0.5, 0.6) is 0 Å². The van der Waals surface area contributed by atoms with Crippen LogP contribution in [0.4, 0.5) is 4.79 Å². The lowest BCUT2D eigenvalue weighted by Crippen LogP contribution is -2.61. The number of alkyl halides is 3. The highest BCUT2D eigenvalue weighted by Crippen LogP contribution is 2.41. The smallest absolute Gasteiger partial charge is 0.407 e. The van der Waals surface area contributed by atoms with E-state index in [0.717, 1.165) is 16.7 Å². The zero-order valence-corrected chi connectivity index (χ0v) is 38.0. The van der Waals surface area contributed by atoms with Crippen LogP contribution in [0.2, 0.25) is 0 Å². The lowest BCUT2D eigenvalue weighted by atomic mass is 9.77. The molecule has 1 aliphatic rings. The number of imidazole rings is 1. The molecule has 1 fully saturated rings. The van der Waals surface area contributed by atoms with Gasteiger partial charge in [-0.15, -0.1) is 5.06 Å². The number of esters is 1. The first-order valence-corrected chi connectivity index (χ1v) is 21.3. The fourth-order valence-corrected chi connectivity index (χ4v) is 7.06. The number of hydroxylamine groups is 2. The third-order valence-electron chi connectivity index (χ3n) is 9.82. The van der Waals surface area contributed by atoms with Gasteiger partial charge in [-0.05, 0) is 57.7 Å². The summed E-state index contributed by atoms with van der Waals surface area (Å²) in [4.78, 5) is 101. The number of nitrogens with zero attached hydrogens (tertiary/aromatic N) is 3. The highest BCUT2D eigenvalue weighted by atomic mass is 35.6. The summed E-state index contributed by atoms with van der Waals surface area (Å²) in [6, 6.07) is 26.3. The van der Waals surface area contributed by atoms with E-state index in [0.29, 0.717) is 10.8 Å². The van der Waals surface area contributed by atoms with E-state index < -0.39 is 80.8 Å². The molecule has 3 aromatic carbocycles. The van der Waals surface area contributed by atoms with Gasteiger partial charge in [-0.3, -0.25) is 24.0 Å². The van der Waals surface area contributed by atoms with Crippen LogP contribution in [-0.2, 0) is 55.0 Å². The van der Waals surface area contributed by atoms with Crippen molar-refractivity contribution in [2.45, 2.75) is 99.3 Å². The van der Waals surface area contributed by atoms with Crippen molar-refractivity contribution in [2.24, 2.45) is 0 Å². The zero-order chi connectivity index (χ0) is 46.9. The van der Waals surface area contributed by atoms with Gasteiger partial charge in [0.2, 0.25) is 15.6 Å². The molecule has 4 aromatic rings. The van der Waals surface area contributed by atoms with Gasteiger partial charge in [0.25, 0.3) is 11.8 Å². The molecule has 0 saturated carbocycles. The Morgan fingerprint density at radius 2 is 1.27 bits per heavy atom. The summed E-state index contributed by atoms with van der Waals surface area (Å²) in [5.74, 6) is -5.26. The van der Waals surface area contributed by atoms with Gasteiger partial charge in [-0.25, -0.2) is 14.6 Å². The molecule has 1 aromatic heterocycles. The number of imide groups is 1.